The third kappa shape index (κ3) is 3.09. The van der Waals surface area contributed by atoms with E-state index in [0.29, 0.717) is 29.4 Å². The van der Waals surface area contributed by atoms with Gasteiger partial charge in [-0.15, -0.1) is 0 Å². The van der Waals surface area contributed by atoms with Crippen molar-refractivity contribution >= 4 is 29.1 Å². The molecule has 0 radical (unpaired) electrons. The van der Waals surface area contributed by atoms with Gasteiger partial charge in [-0.3, -0.25) is 9.59 Å². The largest absolute Gasteiger partial charge is 0.455 e. The zero-order chi connectivity index (χ0) is 16.4. The summed E-state index contributed by atoms with van der Waals surface area (Å²) in [5.41, 5.74) is 6.10. The van der Waals surface area contributed by atoms with E-state index in [1.54, 1.807) is 35.2 Å². The molecule has 0 spiro atoms. The quantitative estimate of drug-likeness (QED) is 0.894. The molecule has 3 N–H and O–H groups in total. The molecule has 0 saturated carbocycles. The van der Waals surface area contributed by atoms with E-state index < -0.39 is 11.9 Å². The molecule has 2 amide bonds. The number of hydrogen-bond acceptors (Lipinski definition) is 4. The van der Waals surface area contributed by atoms with Gasteiger partial charge in [-0.1, -0.05) is 23.7 Å². The molecule has 1 saturated heterocycles. The number of amides is 2. The molecule has 2 aromatic rings. The van der Waals surface area contributed by atoms with Gasteiger partial charge in [0.05, 0.1) is 17.3 Å². The normalized spacial score (nSPS) is 17.6. The first-order valence-corrected chi connectivity index (χ1v) is 7.63. The summed E-state index contributed by atoms with van der Waals surface area (Å²) in [7, 11) is 0. The maximum Gasteiger partial charge on any atom is 0.287 e. The molecule has 1 aromatic heterocycles. The Labute approximate surface area is 138 Å². The monoisotopic (exact) mass is 333 g/mol. The van der Waals surface area contributed by atoms with Crippen LogP contribution in [-0.4, -0.2) is 24.4 Å². The SMILES string of the molecule is NCc1ccc(C(=O)NC2CCN(c3ccccc3Cl)C2=O)o1. The van der Waals surface area contributed by atoms with Crippen molar-refractivity contribution in [2.24, 2.45) is 5.73 Å². The summed E-state index contributed by atoms with van der Waals surface area (Å²) < 4.78 is 5.29. The van der Waals surface area contributed by atoms with Crippen LogP contribution in [0.4, 0.5) is 5.69 Å². The van der Waals surface area contributed by atoms with Crippen LogP contribution in [0, 0.1) is 0 Å². The van der Waals surface area contributed by atoms with E-state index in [4.69, 9.17) is 21.8 Å². The van der Waals surface area contributed by atoms with Crippen molar-refractivity contribution < 1.29 is 14.0 Å². The lowest BCUT2D eigenvalue weighted by molar-refractivity contribution is -0.118. The van der Waals surface area contributed by atoms with E-state index >= 15 is 0 Å². The van der Waals surface area contributed by atoms with Crippen molar-refractivity contribution in [3.05, 3.63) is 52.9 Å². The molecule has 7 heteroatoms. The van der Waals surface area contributed by atoms with Gasteiger partial charge in [-0.25, -0.2) is 0 Å². The van der Waals surface area contributed by atoms with E-state index in [1.165, 1.54) is 0 Å². The summed E-state index contributed by atoms with van der Waals surface area (Å²) >= 11 is 6.13. The molecule has 3 rings (SSSR count). The van der Waals surface area contributed by atoms with Crippen LogP contribution in [0.3, 0.4) is 0 Å². The van der Waals surface area contributed by atoms with Crippen molar-refractivity contribution in [3.8, 4) is 0 Å². The van der Waals surface area contributed by atoms with Crippen LogP contribution < -0.4 is 16.0 Å². The molecule has 1 aliphatic rings. The third-order valence-corrected chi connectivity index (χ3v) is 4.06. The van der Waals surface area contributed by atoms with Crippen molar-refractivity contribution in [1.29, 1.82) is 0 Å². The summed E-state index contributed by atoms with van der Waals surface area (Å²) in [5.74, 6) is 0.0566. The van der Waals surface area contributed by atoms with Crippen LogP contribution in [0.2, 0.25) is 5.02 Å². The second-order valence-corrected chi connectivity index (χ2v) is 5.63. The fourth-order valence-electron chi connectivity index (χ4n) is 2.56. The van der Waals surface area contributed by atoms with Crippen LogP contribution in [-0.2, 0) is 11.3 Å². The highest BCUT2D eigenvalue weighted by atomic mass is 35.5. The number of nitrogens with one attached hydrogen (secondary N) is 1. The maximum atomic E-state index is 12.5. The number of nitrogens with two attached hydrogens (primary N) is 1. The van der Waals surface area contributed by atoms with Gasteiger partial charge in [0.2, 0.25) is 5.91 Å². The van der Waals surface area contributed by atoms with Crippen molar-refractivity contribution in [1.82, 2.24) is 5.32 Å². The smallest absolute Gasteiger partial charge is 0.287 e. The number of nitrogens with zero attached hydrogens (tertiary/aromatic N) is 1. The Morgan fingerprint density at radius 3 is 2.83 bits per heavy atom. The first-order chi connectivity index (χ1) is 11.1. The van der Waals surface area contributed by atoms with Crippen LogP contribution in [0.5, 0.6) is 0 Å². The van der Waals surface area contributed by atoms with Crippen LogP contribution in [0.25, 0.3) is 0 Å². The highest BCUT2D eigenvalue weighted by Crippen LogP contribution is 2.29. The Morgan fingerprint density at radius 1 is 1.35 bits per heavy atom. The minimum atomic E-state index is -0.592. The summed E-state index contributed by atoms with van der Waals surface area (Å²) in [6, 6.07) is 9.72. The van der Waals surface area contributed by atoms with Crippen molar-refractivity contribution in [2.75, 3.05) is 11.4 Å². The van der Waals surface area contributed by atoms with E-state index in [1.807, 2.05) is 6.07 Å². The van der Waals surface area contributed by atoms with Gasteiger partial charge in [0.15, 0.2) is 5.76 Å². The number of rotatable bonds is 4. The lowest BCUT2D eigenvalue weighted by Gasteiger charge is -2.18. The van der Waals surface area contributed by atoms with Gasteiger partial charge in [-0.2, -0.15) is 0 Å². The number of halogens is 1. The predicted molar refractivity (Wildman–Crippen MR) is 86.3 cm³/mol. The Balaban J connectivity index is 1.70. The summed E-state index contributed by atoms with van der Waals surface area (Å²) in [4.78, 5) is 26.2. The number of hydrogen-bond donors (Lipinski definition) is 2. The maximum absolute atomic E-state index is 12.5. The highest BCUT2D eigenvalue weighted by molar-refractivity contribution is 6.34. The summed E-state index contributed by atoms with van der Waals surface area (Å²) in [6.07, 6.45) is 0.514. The average molecular weight is 334 g/mol. The molecule has 1 unspecified atom stereocenters. The molecular formula is C16H16ClN3O3. The van der Waals surface area contributed by atoms with Crippen molar-refractivity contribution in [3.63, 3.8) is 0 Å². The van der Waals surface area contributed by atoms with Gasteiger partial charge in [-0.05, 0) is 30.7 Å². The number of para-hydroxylation sites is 1. The number of carbonyl (C=O) groups is 2. The first-order valence-electron chi connectivity index (χ1n) is 7.25. The molecule has 120 valence electrons. The Kier molecular flexibility index (Phi) is 4.36. The van der Waals surface area contributed by atoms with Gasteiger partial charge in [0.25, 0.3) is 5.91 Å². The van der Waals surface area contributed by atoms with E-state index in [2.05, 4.69) is 5.32 Å². The fraction of sp³-hybridized carbons (Fsp3) is 0.250. The average Bonchev–Trinajstić information content (AvgIpc) is 3.16. The van der Waals surface area contributed by atoms with E-state index in [0.717, 1.165) is 0 Å². The number of furan rings is 1. The molecule has 1 atom stereocenters. The molecule has 1 aliphatic heterocycles. The summed E-state index contributed by atoms with van der Waals surface area (Å²) in [6.45, 7) is 0.718. The number of benzene rings is 1. The lowest BCUT2D eigenvalue weighted by Crippen LogP contribution is -2.41. The molecule has 2 heterocycles. The zero-order valence-electron chi connectivity index (χ0n) is 12.3. The summed E-state index contributed by atoms with van der Waals surface area (Å²) in [5, 5.41) is 3.20. The fourth-order valence-corrected chi connectivity index (χ4v) is 2.80. The Hall–Kier alpha value is -2.31. The first kappa shape index (κ1) is 15.6. The predicted octanol–water partition coefficient (Wildman–Crippen LogP) is 1.93. The highest BCUT2D eigenvalue weighted by Gasteiger charge is 2.34. The zero-order valence-corrected chi connectivity index (χ0v) is 13.0. The molecular weight excluding hydrogens is 318 g/mol. The number of carbonyl (C=O) groups excluding carboxylic acids is 2. The van der Waals surface area contributed by atoms with Crippen molar-refractivity contribution in [2.45, 2.75) is 19.0 Å². The van der Waals surface area contributed by atoms with E-state index in [9.17, 15) is 9.59 Å². The molecule has 0 aliphatic carbocycles. The lowest BCUT2D eigenvalue weighted by atomic mass is 10.2. The van der Waals surface area contributed by atoms with Crippen LogP contribution in [0.15, 0.2) is 40.8 Å². The molecule has 1 aromatic carbocycles. The number of anilines is 1. The molecule has 0 bridgehead atoms. The standard InChI is InChI=1S/C16H16ClN3O3/c17-11-3-1-2-4-13(11)20-8-7-12(16(20)22)19-15(21)14-6-5-10(9-18)23-14/h1-6,12H,7-9,18H2,(H,19,21). The minimum absolute atomic E-state index is 0.148. The molecule has 1 fully saturated rings. The topological polar surface area (TPSA) is 88.6 Å². The van der Waals surface area contributed by atoms with Gasteiger partial charge < -0.3 is 20.4 Å². The third-order valence-electron chi connectivity index (χ3n) is 3.74. The van der Waals surface area contributed by atoms with Gasteiger partial charge in [0, 0.05) is 6.54 Å². The van der Waals surface area contributed by atoms with E-state index in [-0.39, 0.29) is 18.2 Å². The van der Waals surface area contributed by atoms with Gasteiger partial charge in [0.1, 0.15) is 11.8 Å². The van der Waals surface area contributed by atoms with Gasteiger partial charge >= 0.3 is 0 Å². The Morgan fingerprint density at radius 2 is 2.13 bits per heavy atom. The Bertz CT molecular complexity index is 744. The molecule has 23 heavy (non-hydrogen) atoms. The molecule has 6 nitrogen and oxygen atoms in total. The van der Waals surface area contributed by atoms with Crippen LogP contribution >= 0.6 is 11.6 Å². The second kappa shape index (κ2) is 6.44. The second-order valence-electron chi connectivity index (χ2n) is 5.23. The minimum Gasteiger partial charge on any atom is -0.455 e. The van der Waals surface area contributed by atoms with Crippen LogP contribution in [0.1, 0.15) is 22.7 Å².